The van der Waals surface area contributed by atoms with Crippen molar-refractivity contribution in [1.82, 2.24) is 15.1 Å². The van der Waals surface area contributed by atoms with Gasteiger partial charge in [-0.05, 0) is 30.9 Å². The predicted octanol–water partition coefficient (Wildman–Crippen LogP) is 2.11. The van der Waals surface area contributed by atoms with Gasteiger partial charge in [-0.25, -0.2) is 4.68 Å². The maximum absolute atomic E-state index is 12.2. The number of benzene rings is 1. The van der Waals surface area contributed by atoms with Crippen molar-refractivity contribution in [3.05, 3.63) is 42.2 Å². The summed E-state index contributed by atoms with van der Waals surface area (Å²) >= 11 is 0. The van der Waals surface area contributed by atoms with E-state index in [-0.39, 0.29) is 24.0 Å². The Morgan fingerprint density at radius 3 is 2.70 bits per heavy atom. The van der Waals surface area contributed by atoms with E-state index in [9.17, 15) is 9.90 Å². The van der Waals surface area contributed by atoms with Gasteiger partial charge in [-0.2, -0.15) is 5.10 Å². The van der Waals surface area contributed by atoms with Crippen LogP contribution in [0.25, 0.3) is 5.69 Å². The zero-order valence-corrected chi connectivity index (χ0v) is 13.3. The second-order valence-corrected chi connectivity index (χ2v) is 5.52. The van der Waals surface area contributed by atoms with Crippen molar-refractivity contribution in [2.24, 2.45) is 5.92 Å². The molecule has 0 aliphatic rings. The molecule has 23 heavy (non-hydrogen) atoms. The van der Waals surface area contributed by atoms with Gasteiger partial charge in [-0.3, -0.25) is 4.79 Å². The van der Waals surface area contributed by atoms with Crippen LogP contribution in [0.3, 0.4) is 0 Å². The van der Waals surface area contributed by atoms with Crippen molar-refractivity contribution in [1.29, 1.82) is 0 Å². The number of aromatic nitrogens is 2. The second-order valence-electron chi connectivity index (χ2n) is 5.52. The van der Waals surface area contributed by atoms with Gasteiger partial charge in [0.25, 0.3) is 5.91 Å². The minimum absolute atomic E-state index is 0.00750. The minimum Gasteiger partial charge on any atom is -0.504 e. The molecule has 0 saturated carbocycles. The predicted molar refractivity (Wildman–Crippen MR) is 87.7 cm³/mol. The summed E-state index contributed by atoms with van der Waals surface area (Å²) in [5, 5.41) is 25.9. The summed E-state index contributed by atoms with van der Waals surface area (Å²) in [6.45, 7) is 2.64. The molecule has 0 saturated heterocycles. The number of nitrogens with one attached hydrogen (secondary N) is 1. The van der Waals surface area contributed by atoms with E-state index in [4.69, 9.17) is 5.11 Å². The lowest BCUT2D eigenvalue weighted by Gasteiger charge is -2.15. The second kappa shape index (κ2) is 8.33. The van der Waals surface area contributed by atoms with E-state index in [2.05, 4.69) is 17.3 Å². The SMILES string of the molecule is CCCC(CCO)CNC(=O)c1nn(-c2ccccc2)cc1O. The zero-order chi connectivity index (χ0) is 16.7. The first-order chi connectivity index (χ1) is 11.2. The van der Waals surface area contributed by atoms with E-state index < -0.39 is 5.91 Å². The number of amides is 1. The molecule has 1 aromatic heterocycles. The third-order valence-corrected chi connectivity index (χ3v) is 3.72. The molecular formula is C17H23N3O3. The Kier molecular flexibility index (Phi) is 6.17. The Morgan fingerprint density at radius 1 is 1.30 bits per heavy atom. The largest absolute Gasteiger partial charge is 0.504 e. The molecule has 2 rings (SSSR count). The highest BCUT2D eigenvalue weighted by Crippen LogP contribution is 2.18. The normalized spacial score (nSPS) is 12.1. The van der Waals surface area contributed by atoms with Crippen molar-refractivity contribution in [2.45, 2.75) is 26.2 Å². The number of carbonyl (C=O) groups is 1. The number of aromatic hydroxyl groups is 1. The van der Waals surface area contributed by atoms with E-state index in [1.54, 1.807) is 0 Å². The summed E-state index contributed by atoms with van der Waals surface area (Å²) in [4.78, 5) is 12.2. The van der Waals surface area contributed by atoms with Crippen molar-refractivity contribution < 1.29 is 15.0 Å². The summed E-state index contributed by atoms with van der Waals surface area (Å²) in [6, 6.07) is 9.28. The van der Waals surface area contributed by atoms with Crippen LogP contribution in [0.5, 0.6) is 5.75 Å². The molecule has 0 radical (unpaired) electrons. The molecule has 6 nitrogen and oxygen atoms in total. The summed E-state index contributed by atoms with van der Waals surface area (Å²) in [5.74, 6) is -0.330. The van der Waals surface area contributed by atoms with Crippen molar-refractivity contribution >= 4 is 5.91 Å². The molecule has 124 valence electrons. The minimum atomic E-state index is -0.406. The molecule has 1 heterocycles. The standard InChI is InChI=1S/C17H23N3O3/c1-2-6-13(9-10-21)11-18-17(23)16-15(22)12-20(19-16)14-7-4-3-5-8-14/h3-5,7-8,12-13,21-22H,2,6,9-11H2,1H3,(H,18,23). The van der Waals surface area contributed by atoms with Gasteiger partial charge in [-0.15, -0.1) is 0 Å². The lowest BCUT2D eigenvalue weighted by atomic mass is 10.0. The topological polar surface area (TPSA) is 87.4 Å². The third-order valence-electron chi connectivity index (χ3n) is 3.72. The van der Waals surface area contributed by atoms with Crippen LogP contribution in [-0.2, 0) is 0 Å². The number of para-hydroxylation sites is 1. The Bertz CT molecular complexity index is 619. The highest BCUT2D eigenvalue weighted by molar-refractivity contribution is 5.94. The molecule has 0 bridgehead atoms. The van der Waals surface area contributed by atoms with Crippen LogP contribution in [0.2, 0.25) is 0 Å². The molecule has 2 aromatic rings. The highest BCUT2D eigenvalue weighted by atomic mass is 16.3. The molecule has 3 N–H and O–H groups in total. The molecule has 0 spiro atoms. The number of aliphatic hydroxyl groups is 1. The first-order valence-corrected chi connectivity index (χ1v) is 7.88. The molecule has 0 aliphatic carbocycles. The lowest BCUT2D eigenvalue weighted by molar-refractivity contribution is 0.0935. The van der Waals surface area contributed by atoms with E-state index in [0.29, 0.717) is 13.0 Å². The number of nitrogens with zero attached hydrogens (tertiary/aromatic N) is 2. The maximum atomic E-state index is 12.2. The molecule has 1 amide bonds. The van der Waals surface area contributed by atoms with Gasteiger partial charge in [0.05, 0.1) is 11.9 Å². The fourth-order valence-electron chi connectivity index (χ4n) is 2.50. The number of aliphatic hydroxyl groups excluding tert-OH is 1. The van der Waals surface area contributed by atoms with E-state index in [0.717, 1.165) is 18.5 Å². The molecule has 0 fully saturated rings. The smallest absolute Gasteiger partial charge is 0.275 e. The lowest BCUT2D eigenvalue weighted by Crippen LogP contribution is -2.30. The molecule has 6 heteroatoms. The molecular weight excluding hydrogens is 294 g/mol. The Balaban J connectivity index is 2.04. The number of hydrogen-bond acceptors (Lipinski definition) is 4. The molecule has 1 unspecified atom stereocenters. The van der Waals surface area contributed by atoms with E-state index in [1.807, 2.05) is 30.3 Å². The summed E-state index contributed by atoms with van der Waals surface area (Å²) in [5.41, 5.74) is 0.777. The van der Waals surface area contributed by atoms with Crippen LogP contribution < -0.4 is 5.32 Å². The van der Waals surface area contributed by atoms with Crippen molar-refractivity contribution in [3.63, 3.8) is 0 Å². The first kappa shape index (κ1) is 17.0. The molecule has 0 aliphatic heterocycles. The van der Waals surface area contributed by atoms with E-state index >= 15 is 0 Å². The van der Waals surface area contributed by atoms with Crippen LogP contribution in [0.15, 0.2) is 36.5 Å². The Morgan fingerprint density at radius 2 is 2.04 bits per heavy atom. The summed E-state index contributed by atoms with van der Waals surface area (Å²) in [7, 11) is 0. The van der Waals surface area contributed by atoms with Gasteiger partial charge < -0.3 is 15.5 Å². The van der Waals surface area contributed by atoms with Crippen molar-refractivity contribution in [2.75, 3.05) is 13.2 Å². The summed E-state index contributed by atoms with van der Waals surface area (Å²) < 4.78 is 1.47. The average molecular weight is 317 g/mol. The third kappa shape index (κ3) is 4.56. The fourth-order valence-corrected chi connectivity index (χ4v) is 2.50. The number of carbonyl (C=O) groups excluding carboxylic acids is 1. The van der Waals surface area contributed by atoms with Gasteiger partial charge in [0.2, 0.25) is 0 Å². The molecule has 1 aromatic carbocycles. The molecule has 1 atom stereocenters. The quantitative estimate of drug-likeness (QED) is 0.696. The Labute approximate surface area is 135 Å². The first-order valence-electron chi connectivity index (χ1n) is 7.88. The van der Waals surface area contributed by atoms with Gasteiger partial charge in [0.1, 0.15) is 0 Å². The number of hydrogen-bond donors (Lipinski definition) is 3. The van der Waals surface area contributed by atoms with Gasteiger partial charge in [-0.1, -0.05) is 31.5 Å². The van der Waals surface area contributed by atoms with E-state index in [1.165, 1.54) is 10.9 Å². The highest BCUT2D eigenvalue weighted by Gasteiger charge is 2.18. The number of rotatable bonds is 8. The fraction of sp³-hybridized carbons (Fsp3) is 0.412. The monoisotopic (exact) mass is 317 g/mol. The van der Waals surface area contributed by atoms with Crippen LogP contribution in [0, 0.1) is 5.92 Å². The Hall–Kier alpha value is -2.34. The van der Waals surface area contributed by atoms with Crippen LogP contribution in [0.4, 0.5) is 0 Å². The van der Waals surface area contributed by atoms with Crippen molar-refractivity contribution in [3.8, 4) is 11.4 Å². The summed E-state index contributed by atoms with van der Waals surface area (Å²) in [6.07, 6.45) is 4.00. The zero-order valence-electron chi connectivity index (χ0n) is 13.3. The average Bonchev–Trinajstić information content (AvgIpc) is 2.95. The van der Waals surface area contributed by atoms with Gasteiger partial charge in [0, 0.05) is 13.2 Å². The van der Waals surface area contributed by atoms with Crippen LogP contribution >= 0.6 is 0 Å². The van der Waals surface area contributed by atoms with Crippen LogP contribution in [0.1, 0.15) is 36.7 Å². The van der Waals surface area contributed by atoms with Crippen LogP contribution in [-0.4, -0.2) is 39.1 Å². The van der Waals surface area contributed by atoms with Gasteiger partial charge in [0.15, 0.2) is 11.4 Å². The maximum Gasteiger partial charge on any atom is 0.275 e. The van der Waals surface area contributed by atoms with Gasteiger partial charge >= 0.3 is 0 Å².